The van der Waals surface area contributed by atoms with Crippen molar-refractivity contribution in [1.29, 1.82) is 0 Å². The van der Waals surface area contributed by atoms with Crippen molar-refractivity contribution in [2.75, 3.05) is 44.7 Å². The molecular formula is C20H21Cl2N3O. The normalized spacial score (nSPS) is 14.7. The topological polar surface area (TPSA) is 28.6 Å². The van der Waals surface area contributed by atoms with E-state index in [-0.39, 0.29) is 0 Å². The van der Waals surface area contributed by atoms with Crippen LogP contribution in [-0.2, 0) is 0 Å². The summed E-state index contributed by atoms with van der Waals surface area (Å²) in [5.74, 6) is 7.10. The zero-order valence-corrected chi connectivity index (χ0v) is 16.2. The number of aromatic nitrogens is 1. The molecule has 0 atom stereocenters. The van der Waals surface area contributed by atoms with Gasteiger partial charge in [-0.2, -0.15) is 0 Å². The molecule has 1 fully saturated rings. The number of hydrogen-bond acceptors (Lipinski definition) is 4. The quantitative estimate of drug-likeness (QED) is 0.739. The number of methoxy groups -OCH3 is 1. The van der Waals surface area contributed by atoms with Gasteiger partial charge in [-0.3, -0.25) is 9.88 Å². The Bertz CT molecular complexity index is 808. The maximum absolute atomic E-state index is 6.33. The lowest BCUT2D eigenvalue weighted by Gasteiger charge is -2.36. The fraction of sp³-hybridized carbons (Fsp3) is 0.350. The van der Waals surface area contributed by atoms with Gasteiger partial charge in [0.25, 0.3) is 0 Å². The van der Waals surface area contributed by atoms with E-state index in [1.165, 1.54) is 0 Å². The van der Waals surface area contributed by atoms with Crippen LogP contribution in [0.1, 0.15) is 12.0 Å². The first-order valence-corrected chi connectivity index (χ1v) is 9.32. The molecule has 0 saturated carbocycles. The van der Waals surface area contributed by atoms with Crippen molar-refractivity contribution in [3.05, 3.63) is 52.3 Å². The predicted molar refractivity (Wildman–Crippen MR) is 107 cm³/mol. The van der Waals surface area contributed by atoms with Crippen LogP contribution in [0.5, 0.6) is 5.75 Å². The van der Waals surface area contributed by atoms with E-state index in [1.54, 1.807) is 19.5 Å². The molecule has 2 heterocycles. The van der Waals surface area contributed by atoms with Gasteiger partial charge in [0.15, 0.2) is 0 Å². The smallest absolute Gasteiger partial charge is 0.138 e. The van der Waals surface area contributed by atoms with Crippen molar-refractivity contribution in [1.82, 2.24) is 9.88 Å². The first-order valence-electron chi connectivity index (χ1n) is 8.56. The Hall–Kier alpha value is -1.93. The van der Waals surface area contributed by atoms with Crippen molar-refractivity contribution in [3.63, 3.8) is 0 Å². The van der Waals surface area contributed by atoms with Crippen molar-refractivity contribution in [2.45, 2.75) is 6.42 Å². The minimum Gasteiger partial charge on any atom is -0.495 e. The molecule has 1 aromatic carbocycles. The lowest BCUT2D eigenvalue weighted by molar-refractivity contribution is 0.264. The molecule has 0 radical (unpaired) electrons. The third-order valence-corrected chi connectivity index (χ3v) is 5.19. The summed E-state index contributed by atoms with van der Waals surface area (Å²) >= 11 is 12.4. The SMILES string of the molecule is COc1cncc(C#CCCN2CCN(c3cccc(Cl)c3Cl)CC2)c1. The van der Waals surface area contributed by atoms with Gasteiger partial charge in [0.05, 0.1) is 29.0 Å². The van der Waals surface area contributed by atoms with Gasteiger partial charge in [-0.05, 0) is 18.2 Å². The first-order chi connectivity index (χ1) is 12.7. The molecule has 1 aliphatic heterocycles. The third kappa shape index (κ3) is 4.82. The Balaban J connectivity index is 1.47. The molecule has 4 nitrogen and oxygen atoms in total. The summed E-state index contributed by atoms with van der Waals surface area (Å²) in [5, 5.41) is 1.24. The second kappa shape index (κ2) is 9.14. The highest BCUT2D eigenvalue weighted by atomic mass is 35.5. The van der Waals surface area contributed by atoms with E-state index in [0.29, 0.717) is 10.0 Å². The highest BCUT2D eigenvalue weighted by Crippen LogP contribution is 2.32. The number of halogens is 2. The summed E-state index contributed by atoms with van der Waals surface area (Å²) in [6.07, 6.45) is 4.26. The van der Waals surface area contributed by atoms with Crippen LogP contribution in [0.25, 0.3) is 0 Å². The van der Waals surface area contributed by atoms with E-state index in [2.05, 4.69) is 26.6 Å². The molecule has 6 heteroatoms. The number of nitrogens with zero attached hydrogens (tertiary/aromatic N) is 3. The molecular weight excluding hydrogens is 369 g/mol. The average molecular weight is 390 g/mol. The summed E-state index contributed by atoms with van der Waals surface area (Å²) in [7, 11) is 1.63. The van der Waals surface area contributed by atoms with Crippen molar-refractivity contribution < 1.29 is 4.74 Å². The summed E-state index contributed by atoms with van der Waals surface area (Å²) < 4.78 is 5.16. The molecule has 26 heavy (non-hydrogen) atoms. The second-order valence-corrected chi connectivity index (χ2v) is 6.85. The van der Waals surface area contributed by atoms with E-state index in [0.717, 1.165) is 56.1 Å². The summed E-state index contributed by atoms with van der Waals surface area (Å²) in [6, 6.07) is 7.68. The minimum atomic E-state index is 0.605. The number of benzene rings is 1. The fourth-order valence-electron chi connectivity index (χ4n) is 2.93. The number of piperazine rings is 1. The van der Waals surface area contributed by atoms with E-state index < -0.39 is 0 Å². The third-order valence-electron chi connectivity index (χ3n) is 4.38. The highest BCUT2D eigenvalue weighted by molar-refractivity contribution is 6.43. The Morgan fingerprint density at radius 1 is 1.15 bits per heavy atom. The Kier molecular flexibility index (Phi) is 6.62. The number of hydrogen-bond donors (Lipinski definition) is 0. The Morgan fingerprint density at radius 2 is 1.96 bits per heavy atom. The van der Waals surface area contributed by atoms with Gasteiger partial charge < -0.3 is 9.64 Å². The van der Waals surface area contributed by atoms with Crippen LogP contribution in [0.2, 0.25) is 10.0 Å². The van der Waals surface area contributed by atoms with Gasteiger partial charge in [0.2, 0.25) is 0 Å². The van der Waals surface area contributed by atoms with Crippen LogP contribution in [0.4, 0.5) is 5.69 Å². The van der Waals surface area contributed by atoms with Crippen molar-refractivity contribution in [2.24, 2.45) is 0 Å². The Labute approximate surface area is 164 Å². The van der Waals surface area contributed by atoms with E-state index in [9.17, 15) is 0 Å². The zero-order valence-electron chi connectivity index (χ0n) is 14.7. The van der Waals surface area contributed by atoms with Gasteiger partial charge >= 0.3 is 0 Å². The molecule has 0 N–H and O–H groups in total. The lowest BCUT2D eigenvalue weighted by Crippen LogP contribution is -2.46. The number of rotatable bonds is 4. The van der Waals surface area contributed by atoms with Crippen LogP contribution in [0, 0.1) is 11.8 Å². The average Bonchev–Trinajstić information content (AvgIpc) is 2.68. The predicted octanol–water partition coefficient (Wildman–Crippen LogP) is 3.96. The maximum atomic E-state index is 6.33. The van der Waals surface area contributed by atoms with Crippen molar-refractivity contribution in [3.8, 4) is 17.6 Å². The zero-order chi connectivity index (χ0) is 18.4. The molecule has 1 aliphatic rings. The molecule has 0 aliphatic carbocycles. The van der Waals surface area contributed by atoms with Gasteiger partial charge in [-0.15, -0.1) is 0 Å². The molecule has 0 amide bonds. The number of ether oxygens (including phenoxy) is 1. The van der Waals surface area contributed by atoms with Gasteiger partial charge in [0.1, 0.15) is 5.75 Å². The van der Waals surface area contributed by atoms with E-state index in [4.69, 9.17) is 27.9 Å². The molecule has 1 aromatic heterocycles. The van der Waals surface area contributed by atoms with Crippen molar-refractivity contribution >= 4 is 28.9 Å². The summed E-state index contributed by atoms with van der Waals surface area (Å²) in [6.45, 7) is 4.82. The standard InChI is InChI=1S/C20H21Cl2N3O/c1-26-17-13-16(14-23-15-17)5-2-3-8-24-9-11-25(12-10-24)19-7-4-6-18(21)20(19)22/h4,6-7,13-15H,3,8-12H2,1H3. The van der Waals surface area contributed by atoms with Gasteiger partial charge in [0, 0.05) is 50.9 Å². The van der Waals surface area contributed by atoms with Crippen LogP contribution < -0.4 is 9.64 Å². The molecule has 136 valence electrons. The van der Waals surface area contributed by atoms with E-state index in [1.807, 2.05) is 24.3 Å². The second-order valence-electron chi connectivity index (χ2n) is 6.07. The highest BCUT2D eigenvalue weighted by Gasteiger charge is 2.19. The molecule has 2 aromatic rings. The van der Waals surface area contributed by atoms with Crippen LogP contribution in [0.3, 0.4) is 0 Å². The van der Waals surface area contributed by atoms with Crippen LogP contribution >= 0.6 is 23.2 Å². The molecule has 1 saturated heterocycles. The van der Waals surface area contributed by atoms with Gasteiger partial charge in [-0.1, -0.05) is 41.1 Å². The maximum Gasteiger partial charge on any atom is 0.138 e. The molecule has 0 spiro atoms. The lowest BCUT2D eigenvalue weighted by atomic mass is 10.2. The Morgan fingerprint density at radius 3 is 2.73 bits per heavy atom. The minimum absolute atomic E-state index is 0.605. The fourth-order valence-corrected chi connectivity index (χ4v) is 3.34. The summed E-state index contributed by atoms with van der Waals surface area (Å²) in [4.78, 5) is 8.82. The molecule has 3 rings (SSSR count). The van der Waals surface area contributed by atoms with Crippen LogP contribution in [-0.4, -0.2) is 49.7 Å². The largest absolute Gasteiger partial charge is 0.495 e. The molecule has 0 unspecified atom stereocenters. The first kappa shape index (κ1) is 18.8. The summed E-state index contributed by atoms with van der Waals surface area (Å²) in [5.41, 5.74) is 1.90. The number of pyridine rings is 1. The van der Waals surface area contributed by atoms with E-state index >= 15 is 0 Å². The monoisotopic (exact) mass is 389 g/mol. The van der Waals surface area contributed by atoms with Gasteiger partial charge in [-0.25, -0.2) is 0 Å². The number of anilines is 1. The van der Waals surface area contributed by atoms with Crippen LogP contribution in [0.15, 0.2) is 36.7 Å². The molecule has 0 bridgehead atoms.